The van der Waals surface area contributed by atoms with Crippen LogP contribution in [0.5, 0.6) is 0 Å². The molecule has 0 radical (unpaired) electrons. The first-order chi connectivity index (χ1) is 23.1. The Kier molecular flexibility index (Phi) is 9.69. The Hall–Kier alpha value is -3.73. The van der Waals surface area contributed by atoms with Gasteiger partial charge in [-0.3, -0.25) is 19.2 Å². The van der Waals surface area contributed by atoms with Gasteiger partial charge in [0.05, 0.1) is 47.4 Å². The van der Waals surface area contributed by atoms with Crippen molar-refractivity contribution >= 4 is 17.6 Å². The Morgan fingerprint density at radius 3 is 2.63 bits per heavy atom. The van der Waals surface area contributed by atoms with Crippen molar-refractivity contribution in [3.05, 3.63) is 41.2 Å². The molecule has 12 nitrogen and oxygen atoms in total. The molecule has 0 aromatic carbocycles. The third kappa shape index (κ3) is 8.03. The maximum atomic E-state index is 14.2. The molecule has 5 heterocycles. The van der Waals surface area contributed by atoms with E-state index >= 15 is 0 Å². The third-order valence-corrected chi connectivity index (χ3v) is 9.82. The second kappa shape index (κ2) is 13.5. The van der Waals surface area contributed by atoms with Crippen molar-refractivity contribution < 1.29 is 36.3 Å². The number of imidazole rings is 1. The average Bonchev–Trinajstić information content (AvgIpc) is 3.67. The van der Waals surface area contributed by atoms with Crippen LogP contribution in [0.1, 0.15) is 86.5 Å². The first-order valence-corrected chi connectivity index (χ1v) is 16.8. The van der Waals surface area contributed by atoms with Gasteiger partial charge in [0.25, 0.3) is 11.7 Å². The second-order valence-electron chi connectivity index (χ2n) is 14.0. The molecule has 6 rings (SSSR count). The summed E-state index contributed by atoms with van der Waals surface area (Å²) in [5, 5.41) is 14.3. The number of morpholine rings is 1. The van der Waals surface area contributed by atoms with Crippen LogP contribution in [0.25, 0.3) is 5.78 Å². The van der Waals surface area contributed by atoms with Crippen LogP contribution < -0.4 is 10.6 Å². The standard InChI is InChI=1S/C32H42F5N9O3/c1-4-45-25(7-10-39-45)28(48)42-26(19-5-8-31(33,34)9-6-19)24-17-46-29(41-24)40-23(16-44-11-12-49-30(2,3)18-44)22(43-46)14-20-13-21(32(35,36)37)15-38-27(20)47/h7,10,17,19-21,26H,4-6,8-9,11-16,18H2,1-3H3,(H,38,47)(H,42,48)/t20-,21-,26+/m1/s1. The van der Waals surface area contributed by atoms with Gasteiger partial charge in [-0.15, -0.1) is 0 Å². The number of amides is 2. The molecule has 2 aliphatic heterocycles. The molecule has 0 unspecified atom stereocenters. The normalized spacial score (nSPS) is 24.1. The van der Waals surface area contributed by atoms with Crippen LogP contribution >= 0.6 is 0 Å². The van der Waals surface area contributed by atoms with Crippen molar-refractivity contribution in [3.8, 4) is 0 Å². The number of hydrogen-bond donors (Lipinski definition) is 2. The van der Waals surface area contributed by atoms with E-state index in [0.717, 1.165) is 0 Å². The zero-order chi connectivity index (χ0) is 35.1. The Balaban J connectivity index is 1.36. The molecule has 49 heavy (non-hydrogen) atoms. The Morgan fingerprint density at radius 2 is 1.94 bits per heavy atom. The number of aryl methyl sites for hydroxylation is 1. The molecule has 1 aliphatic carbocycles. The van der Waals surface area contributed by atoms with Gasteiger partial charge in [0.15, 0.2) is 0 Å². The molecule has 0 bridgehead atoms. The number of fused-ring (bicyclic) bond motifs is 1. The minimum Gasteiger partial charge on any atom is -0.373 e. The zero-order valence-electron chi connectivity index (χ0n) is 27.8. The predicted octanol–water partition coefficient (Wildman–Crippen LogP) is 4.11. The van der Waals surface area contributed by atoms with Gasteiger partial charge in [0.1, 0.15) is 5.69 Å². The predicted molar refractivity (Wildman–Crippen MR) is 165 cm³/mol. The maximum absolute atomic E-state index is 14.2. The van der Waals surface area contributed by atoms with Gasteiger partial charge in [0, 0.05) is 64.1 Å². The van der Waals surface area contributed by atoms with Crippen molar-refractivity contribution in [2.75, 3.05) is 26.2 Å². The highest BCUT2D eigenvalue weighted by atomic mass is 19.4. The van der Waals surface area contributed by atoms with E-state index in [2.05, 4.69) is 20.6 Å². The summed E-state index contributed by atoms with van der Waals surface area (Å²) in [4.78, 5) is 37.9. The van der Waals surface area contributed by atoms with Crippen LogP contribution in [-0.4, -0.2) is 90.0 Å². The minimum atomic E-state index is -4.46. The Morgan fingerprint density at radius 1 is 1.18 bits per heavy atom. The minimum absolute atomic E-state index is 0.0726. The van der Waals surface area contributed by atoms with Crippen molar-refractivity contribution in [1.29, 1.82) is 0 Å². The number of carbonyl (C=O) groups excluding carboxylic acids is 2. The third-order valence-electron chi connectivity index (χ3n) is 9.82. The van der Waals surface area contributed by atoms with Gasteiger partial charge in [-0.1, -0.05) is 0 Å². The number of aromatic nitrogens is 6. The Bertz CT molecular complexity index is 1660. The molecule has 2 N–H and O–H groups in total. The topological polar surface area (TPSA) is 132 Å². The van der Waals surface area contributed by atoms with E-state index in [1.165, 1.54) is 15.4 Å². The lowest BCUT2D eigenvalue weighted by molar-refractivity contribution is -0.183. The summed E-state index contributed by atoms with van der Waals surface area (Å²) < 4.78 is 78.1. The van der Waals surface area contributed by atoms with E-state index in [1.807, 2.05) is 20.8 Å². The number of ether oxygens (including phenoxy) is 1. The first kappa shape index (κ1) is 35.1. The zero-order valence-corrected chi connectivity index (χ0v) is 27.8. The molecular weight excluding hydrogens is 653 g/mol. The molecule has 2 amide bonds. The number of halogens is 5. The lowest BCUT2D eigenvalue weighted by Gasteiger charge is -2.38. The molecular formula is C32H42F5N9O3. The highest BCUT2D eigenvalue weighted by Gasteiger charge is 2.45. The summed E-state index contributed by atoms with van der Waals surface area (Å²) in [5.41, 5.74) is 1.07. The van der Waals surface area contributed by atoms with E-state index in [9.17, 15) is 31.5 Å². The highest BCUT2D eigenvalue weighted by Crippen LogP contribution is 2.41. The van der Waals surface area contributed by atoms with Gasteiger partial charge < -0.3 is 15.4 Å². The molecule has 3 atom stereocenters. The molecule has 3 aromatic heterocycles. The molecule has 2 saturated heterocycles. The summed E-state index contributed by atoms with van der Waals surface area (Å²) in [7, 11) is 0. The number of piperidine rings is 1. The number of hydrogen-bond acceptors (Lipinski definition) is 8. The van der Waals surface area contributed by atoms with Crippen LogP contribution in [0, 0.1) is 17.8 Å². The van der Waals surface area contributed by atoms with Gasteiger partial charge in [-0.25, -0.2) is 23.3 Å². The fourth-order valence-corrected chi connectivity index (χ4v) is 7.18. The maximum Gasteiger partial charge on any atom is 0.393 e. The molecule has 17 heteroatoms. The number of nitrogens with one attached hydrogen (secondary N) is 2. The van der Waals surface area contributed by atoms with Crippen molar-refractivity contribution in [2.45, 2.75) is 96.1 Å². The van der Waals surface area contributed by atoms with Crippen molar-refractivity contribution in [2.24, 2.45) is 17.8 Å². The first-order valence-electron chi connectivity index (χ1n) is 16.8. The summed E-state index contributed by atoms with van der Waals surface area (Å²) in [6.07, 6.45) is -2.17. The van der Waals surface area contributed by atoms with Gasteiger partial charge in [-0.2, -0.15) is 23.4 Å². The quantitative estimate of drug-likeness (QED) is 0.320. The molecule has 0 spiro atoms. The van der Waals surface area contributed by atoms with Gasteiger partial charge in [0.2, 0.25) is 11.8 Å². The number of nitrogens with zero attached hydrogens (tertiary/aromatic N) is 7. The van der Waals surface area contributed by atoms with Crippen LogP contribution in [0.15, 0.2) is 18.5 Å². The number of carbonyl (C=O) groups is 2. The SMILES string of the molecule is CCn1nccc1C(=O)N[C@H](c1cn2nc(C[C@H]3C[C@@H](C(F)(F)F)CNC3=O)c(CN3CCOC(C)(C)C3)nc2n1)C1CCC(F)(F)CC1. The van der Waals surface area contributed by atoms with Crippen LogP contribution in [0.2, 0.25) is 0 Å². The molecule has 1 saturated carbocycles. The lowest BCUT2D eigenvalue weighted by Crippen LogP contribution is -2.48. The van der Waals surface area contributed by atoms with E-state index < -0.39 is 53.9 Å². The van der Waals surface area contributed by atoms with E-state index in [-0.39, 0.29) is 50.2 Å². The second-order valence-corrected chi connectivity index (χ2v) is 14.0. The molecule has 3 aromatic rings. The molecule has 268 valence electrons. The summed E-state index contributed by atoms with van der Waals surface area (Å²) in [6, 6.07) is 0.824. The van der Waals surface area contributed by atoms with E-state index in [1.54, 1.807) is 12.3 Å². The average molecular weight is 696 g/mol. The summed E-state index contributed by atoms with van der Waals surface area (Å²) >= 11 is 0. The largest absolute Gasteiger partial charge is 0.393 e. The monoisotopic (exact) mass is 695 g/mol. The number of rotatable bonds is 9. The molecule has 3 fully saturated rings. The van der Waals surface area contributed by atoms with E-state index in [0.29, 0.717) is 55.6 Å². The fraction of sp³-hybridized carbons (Fsp3) is 0.688. The summed E-state index contributed by atoms with van der Waals surface area (Å²) in [6.45, 7) is 7.67. The molecule has 3 aliphatic rings. The lowest BCUT2D eigenvalue weighted by atomic mass is 9.81. The van der Waals surface area contributed by atoms with Crippen LogP contribution in [0.3, 0.4) is 0 Å². The van der Waals surface area contributed by atoms with Gasteiger partial charge >= 0.3 is 6.18 Å². The highest BCUT2D eigenvalue weighted by molar-refractivity contribution is 5.92. The fourth-order valence-electron chi connectivity index (χ4n) is 7.18. The van der Waals surface area contributed by atoms with E-state index in [4.69, 9.17) is 19.8 Å². The van der Waals surface area contributed by atoms with Crippen molar-refractivity contribution in [1.82, 2.24) is 44.9 Å². The van der Waals surface area contributed by atoms with Crippen LogP contribution in [0.4, 0.5) is 22.0 Å². The van der Waals surface area contributed by atoms with Gasteiger partial charge in [-0.05, 0) is 52.0 Å². The van der Waals surface area contributed by atoms with Crippen LogP contribution in [-0.2, 0) is 29.0 Å². The number of alkyl halides is 5. The van der Waals surface area contributed by atoms with Crippen molar-refractivity contribution in [3.63, 3.8) is 0 Å². The summed E-state index contributed by atoms with van der Waals surface area (Å²) in [5.74, 6) is -6.52. The Labute approximate surface area is 280 Å². The smallest absolute Gasteiger partial charge is 0.373 e.